The number of hydrogen-bond donors (Lipinski definition) is 1. The lowest BCUT2D eigenvalue weighted by Gasteiger charge is -2.29. The summed E-state index contributed by atoms with van der Waals surface area (Å²) in [6, 6.07) is 0. The molecule has 0 saturated heterocycles. The van der Waals surface area contributed by atoms with Crippen molar-refractivity contribution in [3.63, 3.8) is 0 Å². The number of carbonyl (C=O) groups excluding carboxylic acids is 1. The molecule has 0 aromatic heterocycles. The highest BCUT2D eigenvalue weighted by Crippen LogP contribution is 2.39. The number of unbranched alkanes of at least 4 members (excludes halogenated alkanes) is 2. The molecule has 0 unspecified atom stereocenters. The van der Waals surface area contributed by atoms with Crippen LogP contribution in [0.4, 0.5) is 13.2 Å². The van der Waals surface area contributed by atoms with E-state index >= 15 is 0 Å². The maximum absolute atomic E-state index is 12.5. The van der Waals surface area contributed by atoms with Crippen LogP contribution in [0.2, 0.25) is 0 Å². The van der Waals surface area contributed by atoms with Gasteiger partial charge in [0.2, 0.25) is 5.91 Å². The van der Waals surface area contributed by atoms with Crippen LogP contribution in [0.5, 0.6) is 0 Å². The Morgan fingerprint density at radius 3 is 2.37 bits per heavy atom. The lowest BCUT2D eigenvalue weighted by atomic mass is 9.81. The average molecular weight is 275 g/mol. The van der Waals surface area contributed by atoms with Gasteiger partial charge in [-0.1, -0.05) is 0 Å². The fraction of sp³-hybridized carbons (Fsp3) is 0.786. The van der Waals surface area contributed by atoms with Crippen LogP contribution >= 0.6 is 0 Å². The highest BCUT2D eigenvalue weighted by molar-refractivity contribution is 5.78. The van der Waals surface area contributed by atoms with Gasteiger partial charge in [0.05, 0.1) is 5.92 Å². The average Bonchev–Trinajstić information content (AvgIpc) is 2.37. The second kappa shape index (κ2) is 7.42. The molecule has 0 heterocycles. The van der Waals surface area contributed by atoms with Crippen LogP contribution in [0.25, 0.3) is 0 Å². The van der Waals surface area contributed by atoms with Gasteiger partial charge in [0.1, 0.15) is 0 Å². The van der Waals surface area contributed by atoms with E-state index in [9.17, 15) is 18.0 Å². The maximum Gasteiger partial charge on any atom is 0.391 e. The summed E-state index contributed by atoms with van der Waals surface area (Å²) in [6.45, 7) is 0.555. The molecule has 1 aliphatic carbocycles. The van der Waals surface area contributed by atoms with E-state index in [0.29, 0.717) is 25.8 Å². The summed E-state index contributed by atoms with van der Waals surface area (Å²) in [6.07, 6.45) is 4.15. The van der Waals surface area contributed by atoms with Gasteiger partial charge in [0.25, 0.3) is 0 Å². The van der Waals surface area contributed by atoms with Gasteiger partial charge in [-0.3, -0.25) is 4.79 Å². The molecule has 5 heteroatoms. The number of carbonyl (C=O) groups is 1. The van der Waals surface area contributed by atoms with Crippen molar-refractivity contribution in [1.82, 2.24) is 5.32 Å². The molecule has 108 valence electrons. The van der Waals surface area contributed by atoms with E-state index in [0.717, 1.165) is 12.8 Å². The van der Waals surface area contributed by atoms with Crippen molar-refractivity contribution in [3.8, 4) is 12.3 Å². The Balaban J connectivity index is 2.20. The second-order valence-corrected chi connectivity index (χ2v) is 5.04. The minimum absolute atomic E-state index is 0.0681. The molecule has 0 spiro atoms. The van der Waals surface area contributed by atoms with Gasteiger partial charge in [0.15, 0.2) is 0 Å². The third kappa shape index (κ3) is 5.54. The maximum atomic E-state index is 12.5. The normalized spacial score (nSPS) is 23.7. The summed E-state index contributed by atoms with van der Waals surface area (Å²) < 4.78 is 37.4. The van der Waals surface area contributed by atoms with Gasteiger partial charge >= 0.3 is 6.18 Å². The molecule has 1 N–H and O–H groups in total. The predicted octanol–water partition coefficient (Wildman–Crippen LogP) is 3.27. The van der Waals surface area contributed by atoms with E-state index in [4.69, 9.17) is 6.42 Å². The third-order valence-electron chi connectivity index (χ3n) is 3.61. The van der Waals surface area contributed by atoms with E-state index in [1.165, 1.54) is 0 Å². The zero-order valence-electron chi connectivity index (χ0n) is 10.9. The van der Waals surface area contributed by atoms with Crippen LogP contribution in [0, 0.1) is 24.2 Å². The van der Waals surface area contributed by atoms with Gasteiger partial charge < -0.3 is 5.32 Å². The summed E-state index contributed by atoms with van der Waals surface area (Å²) >= 11 is 0. The molecule has 0 atom stereocenters. The Bertz CT molecular complexity index is 325. The topological polar surface area (TPSA) is 29.1 Å². The number of rotatable bonds is 5. The van der Waals surface area contributed by atoms with Crippen molar-refractivity contribution >= 4 is 5.91 Å². The van der Waals surface area contributed by atoms with Crippen LogP contribution in [0.1, 0.15) is 44.9 Å². The van der Waals surface area contributed by atoms with Gasteiger partial charge in [-0.15, -0.1) is 12.3 Å². The van der Waals surface area contributed by atoms with Gasteiger partial charge in [0, 0.05) is 18.9 Å². The summed E-state index contributed by atoms with van der Waals surface area (Å²) in [5.74, 6) is 0.921. The van der Waals surface area contributed by atoms with Crippen molar-refractivity contribution in [3.05, 3.63) is 0 Å². The minimum atomic E-state index is -4.11. The number of amides is 1. The van der Waals surface area contributed by atoms with Crippen LogP contribution in [0.15, 0.2) is 0 Å². The van der Waals surface area contributed by atoms with E-state index in [2.05, 4.69) is 11.2 Å². The van der Waals surface area contributed by atoms with E-state index < -0.39 is 12.1 Å². The predicted molar refractivity (Wildman–Crippen MR) is 67.2 cm³/mol. The molecule has 19 heavy (non-hydrogen) atoms. The fourth-order valence-electron chi connectivity index (χ4n) is 2.39. The smallest absolute Gasteiger partial charge is 0.356 e. The third-order valence-corrected chi connectivity index (χ3v) is 3.61. The molecule has 0 aromatic carbocycles. The SMILES string of the molecule is C#CCCCCNC(=O)C1CCC(C(F)(F)F)CC1. The van der Waals surface area contributed by atoms with Crippen molar-refractivity contribution in [2.45, 2.75) is 51.1 Å². The highest BCUT2D eigenvalue weighted by atomic mass is 19.4. The number of nitrogens with one attached hydrogen (secondary N) is 1. The lowest BCUT2D eigenvalue weighted by Crippen LogP contribution is -2.36. The highest BCUT2D eigenvalue weighted by Gasteiger charge is 2.42. The molecule has 1 saturated carbocycles. The first-order valence-electron chi connectivity index (χ1n) is 6.73. The molecule has 2 nitrogen and oxygen atoms in total. The van der Waals surface area contributed by atoms with Gasteiger partial charge in [-0.05, 0) is 38.5 Å². The summed E-state index contributed by atoms with van der Waals surface area (Å²) in [5.41, 5.74) is 0. The molecule has 1 aliphatic rings. The first-order valence-corrected chi connectivity index (χ1v) is 6.73. The summed E-state index contributed by atoms with van der Waals surface area (Å²) in [4.78, 5) is 11.8. The molecule has 1 rings (SSSR count). The van der Waals surface area contributed by atoms with Crippen molar-refractivity contribution in [2.75, 3.05) is 6.54 Å². The van der Waals surface area contributed by atoms with Crippen LogP contribution in [0.3, 0.4) is 0 Å². The number of halogens is 3. The first kappa shape index (κ1) is 15.9. The van der Waals surface area contributed by atoms with Gasteiger partial charge in [-0.25, -0.2) is 0 Å². The Hall–Kier alpha value is -1.18. The van der Waals surface area contributed by atoms with Crippen molar-refractivity contribution < 1.29 is 18.0 Å². The molecular weight excluding hydrogens is 255 g/mol. The quantitative estimate of drug-likeness (QED) is 0.605. The summed E-state index contributed by atoms with van der Waals surface area (Å²) in [5, 5.41) is 2.78. The second-order valence-electron chi connectivity index (χ2n) is 5.04. The van der Waals surface area contributed by atoms with Crippen LogP contribution in [-0.4, -0.2) is 18.6 Å². The Kier molecular flexibility index (Phi) is 6.20. The van der Waals surface area contributed by atoms with Gasteiger partial charge in [-0.2, -0.15) is 13.2 Å². The van der Waals surface area contributed by atoms with E-state index in [1.54, 1.807) is 0 Å². The molecule has 0 radical (unpaired) electrons. The van der Waals surface area contributed by atoms with Crippen molar-refractivity contribution in [2.24, 2.45) is 11.8 Å². The minimum Gasteiger partial charge on any atom is -0.356 e. The largest absolute Gasteiger partial charge is 0.391 e. The number of alkyl halides is 3. The van der Waals surface area contributed by atoms with E-state index in [1.807, 2.05) is 0 Å². The zero-order chi connectivity index (χ0) is 14.3. The molecular formula is C14H20F3NO. The van der Waals surface area contributed by atoms with Crippen LogP contribution in [-0.2, 0) is 4.79 Å². The summed E-state index contributed by atoms with van der Waals surface area (Å²) in [7, 11) is 0. The first-order chi connectivity index (χ1) is 8.95. The van der Waals surface area contributed by atoms with Crippen molar-refractivity contribution in [1.29, 1.82) is 0 Å². The number of hydrogen-bond acceptors (Lipinski definition) is 1. The Morgan fingerprint density at radius 1 is 1.21 bits per heavy atom. The molecule has 0 aromatic rings. The molecule has 1 amide bonds. The fourth-order valence-corrected chi connectivity index (χ4v) is 2.39. The molecule has 1 fully saturated rings. The van der Waals surface area contributed by atoms with E-state index in [-0.39, 0.29) is 24.7 Å². The monoisotopic (exact) mass is 275 g/mol. The molecule has 0 aliphatic heterocycles. The Labute approximate surface area is 112 Å². The standard InChI is InChI=1S/C14H20F3NO/c1-2-3-4-5-10-18-13(19)11-6-8-12(9-7-11)14(15,16)17/h1,11-12H,3-10H2,(H,18,19). The Morgan fingerprint density at radius 2 is 1.84 bits per heavy atom. The van der Waals surface area contributed by atoms with Crippen LogP contribution < -0.4 is 5.32 Å². The molecule has 0 bridgehead atoms. The number of terminal acetylenes is 1. The lowest BCUT2D eigenvalue weighted by molar-refractivity contribution is -0.184. The zero-order valence-corrected chi connectivity index (χ0v) is 10.9.